The molecule has 4 heteroatoms. The molecule has 1 N–H and O–H groups in total. The molecule has 0 aliphatic heterocycles. The SMILES string of the molecule is CC(=NOCc1ccc(C)cc1)c1cc(O)c(C)cc1I. The molecule has 2 aromatic carbocycles. The standard InChI is InChI=1S/C17H18INO2/c1-11-4-6-14(7-5-11)10-21-19-13(3)15-9-17(20)12(2)8-16(15)18/h4-9,20H,10H2,1-3H3. The number of phenols is 1. The average Bonchev–Trinajstić information content (AvgIpc) is 2.45. The van der Waals surface area contributed by atoms with E-state index in [0.717, 1.165) is 26.0 Å². The van der Waals surface area contributed by atoms with E-state index < -0.39 is 0 Å². The molecule has 0 heterocycles. The monoisotopic (exact) mass is 395 g/mol. The molecule has 0 saturated carbocycles. The zero-order chi connectivity index (χ0) is 15.4. The smallest absolute Gasteiger partial charge is 0.142 e. The van der Waals surface area contributed by atoms with E-state index in [1.54, 1.807) is 6.07 Å². The molecule has 2 rings (SSSR count). The van der Waals surface area contributed by atoms with Gasteiger partial charge < -0.3 is 9.94 Å². The lowest BCUT2D eigenvalue weighted by Gasteiger charge is -2.08. The van der Waals surface area contributed by atoms with Gasteiger partial charge in [-0.2, -0.15) is 0 Å². The second kappa shape index (κ2) is 6.93. The fourth-order valence-electron chi connectivity index (χ4n) is 1.88. The Morgan fingerprint density at radius 3 is 2.52 bits per heavy atom. The summed E-state index contributed by atoms with van der Waals surface area (Å²) in [6, 6.07) is 11.8. The van der Waals surface area contributed by atoms with E-state index in [2.05, 4.69) is 46.8 Å². The summed E-state index contributed by atoms with van der Waals surface area (Å²) >= 11 is 2.24. The largest absolute Gasteiger partial charge is 0.508 e. The fourth-order valence-corrected chi connectivity index (χ4v) is 2.89. The van der Waals surface area contributed by atoms with Crippen molar-refractivity contribution < 1.29 is 9.94 Å². The predicted octanol–water partition coefficient (Wildman–Crippen LogP) is 4.55. The van der Waals surface area contributed by atoms with Crippen LogP contribution in [0.15, 0.2) is 41.6 Å². The molecule has 0 saturated heterocycles. The first-order chi connectivity index (χ1) is 9.97. The van der Waals surface area contributed by atoms with Crippen LogP contribution in [0.2, 0.25) is 0 Å². The summed E-state index contributed by atoms with van der Waals surface area (Å²) in [7, 11) is 0. The summed E-state index contributed by atoms with van der Waals surface area (Å²) in [5.41, 5.74) is 4.81. The lowest BCUT2D eigenvalue weighted by Crippen LogP contribution is -2.00. The van der Waals surface area contributed by atoms with Crippen molar-refractivity contribution in [3.63, 3.8) is 0 Å². The van der Waals surface area contributed by atoms with Gasteiger partial charge >= 0.3 is 0 Å². The molecular formula is C17H18INO2. The van der Waals surface area contributed by atoms with Crippen LogP contribution in [0.3, 0.4) is 0 Å². The third-order valence-corrected chi connectivity index (χ3v) is 4.12. The molecule has 0 atom stereocenters. The van der Waals surface area contributed by atoms with E-state index >= 15 is 0 Å². The highest BCUT2D eigenvalue weighted by atomic mass is 127. The first-order valence-electron chi connectivity index (χ1n) is 6.69. The molecule has 3 nitrogen and oxygen atoms in total. The van der Waals surface area contributed by atoms with E-state index in [9.17, 15) is 5.11 Å². The molecule has 2 aromatic rings. The highest BCUT2D eigenvalue weighted by Gasteiger charge is 2.08. The number of phenolic OH excluding ortho intramolecular Hbond substituents is 1. The zero-order valence-corrected chi connectivity index (χ0v) is 14.5. The summed E-state index contributed by atoms with van der Waals surface area (Å²) < 4.78 is 1.04. The van der Waals surface area contributed by atoms with E-state index in [4.69, 9.17) is 4.84 Å². The van der Waals surface area contributed by atoms with E-state index in [-0.39, 0.29) is 5.75 Å². The molecule has 0 aromatic heterocycles. The van der Waals surface area contributed by atoms with Crippen molar-refractivity contribution in [2.24, 2.45) is 5.16 Å². The van der Waals surface area contributed by atoms with Gasteiger partial charge in [0, 0.05) is 9.13 Å². The van der Waals surface area contributed by atoms with Crippen molar-refractivity contribution >= 4 is 28.3 Å². The van der Waals surface area contributed by atoms with Crippen LogP contribution in [0.5, 0.6) is 5.75 Å². The maximum atomic E-state index is 9.80. The summed E-state index contributed by atoms with van der Waals surface area (Å²) in [5, 5.41) is 13.9. The lowest BCUT2D eigenvalue weighted by atomic mass is 10.1. The van der Waals surface area contributed by atoms with Crippen molar-refractivity contribution in [1.82, 2.24) is 0 Å². The van der Waals surface area contributed by atoms with Crippen LogP contribution in [-0.2, 0) is 11.4 Å². The van der Waals surface area contributed by atoms with Crippen LogP contribution in [0.1, 0.15) is 29.2 Å². The second-order valence-corrected chi connectivity index (χ2v) is 6.22. The second-order valence-electron chi connectivity index (χ2n) is 5.05. The maximum Gasteiger partial charge on any atom is 0.142 e. The number of oxime groups is 1. The van der Waals surface area contributed by atoms with Gasteiger partial charge in [0.25, 0.3) is 0 Å². The van der Waals surface area contributed by atoms with Gasteiger partial charge in [-0.15, -0.1) is 0 Å². The highest BCUT2D eigenvalue weighted by Crippen LogP contribution is 2.23. The molecule has 0 unspecified atom stereocenters. The van der Waals surface area contributed by atoms with Crippen LogP contribution in [-0.4, -0.2) is 10.8 Å². The molecule has 110 valence electrons. The summed E-state index contributed by atoms with van der Waals surface area (Å²) in [4.78, 5) is 5.40. The Balaban J connectivity index is 2.07. The van der Waals surface area contributed by atoms with Gasteiger partial charge in [0.2, 0.25) is 0 Å². The van der Waals surface area contributed by atoms with Crippen LogP contribution in [0, 0.1) is 17.4 Å². The van der Waals surface area contributed by atoms with Crippen LogP contribution < -0.4 is 0 Å². The van der Waals surface area contributed by atoms with Crippen molar-refractivity contribution in [1.29, 1.82) is 0 Å². The molecule has 0 aliphatic rings. The van der Waals surface area contributed by atoms with E-state index in [1.165, 1.54) is 5.56 Å². The maximum absolute atomic E-state index is 9.80. The van der Waals surface area contributed by atoms with Gasteiger partial charge in [-0.1, -0.05) is 35.0 Å². The minimum atomic E-state index is 0.276. The zero-order valence-electron chi connectivity index (χ0n) is 12.4. The van der Waals surface area contributed by atoms with Crippen LogP contribution in [0.4, 0.5) is 0 Å². The Labute approximate surface area is 138 Å². The fraction of sp³-hybridized carbons (Fsp3) is 0.235. The molecule has 0 amide bonds. The van der Waals surface area contributed by atoms with Gasteiger partial charge in [0.15, 0.2) is 0 Å². The molecule has 0 fully saturated rings. The van der Waals surface area contributed by atoms with Gasteiger partial charge in [0.1, 0.15) is 12.4 Å². The van der Waals surface area contributed by atoms with Crippen molar-refractivity contribution in [2.45, 2.75) is 27.4 Å². The van der Waals surface area contributed by atoms with Crippen LogP contribution >= 0.6 is 22.6 Å². The highest BCUT2D eigenvalue weighted by molar-refractivity contribution is 14.1. The third-order valence-electron chi connectivity index (χ3n) is 3.23. The summed E-state index contributed by atoms with van der Waals surface area (Å²) in [5.74, 6) is 0.276. The van der Waals surface area contributed by atoms with E-state index in [1.807, 2.05) is 32.0 Å². The van der Waals surface area contributed by atoms with Gasteiger partial charge in [0.05, 0.1) is 5.71 Å². The number of benzene rings is 2. The number of hydrogen-bond donors (Lipinski definition) is 1. The van der Waals surface area contributed by atoms with Crippen molar-refractivity contribution in [3.8, 4) is 5.75 Å². The molecule has 0 spiro atoms. The molecule has 21 heavy (non-hydrogen) atoms. The lowest BCUT2D eigenvalue weighted by molar-refractivity contribution is 0.130. The Kier molecular flexibility index (Phi) is 5.22. The van der Waals surface area contributed by atoms with E-state index in [0.29, 0.717) is 6.61 Å². The molecule has 0 bridgehead atoms. The number of hydrogen-bond acceptors (Lipinski definition) is 3. The first-order valence-corrected chi connectivity index (χ1v) is 7.77. The number of aryl methyl sites for hydroxylation is 2. The quantitative estimate of drug-likeness (QED) is 0.469. The van der Waals surface area contributed by atoms with Gasteiger partial charge in [-0.05, 0) is 66.6 Å². The molecule has 0 radical (unpaired) electrons. The Morgan fingerprint density at radius 1 is 1.19 bits per heavy atom. The summed E-state index contributed by atoms with van der Waals surface area (Å²) in [6.45, 7) is 6.24. The number of nitrogens with zero attached hydrogens (tertiary/aromatic N) is 1. The average molecular weight is 395 g/mol. The minimum absolute atomic E-state index is 0.276. The normalized spacial score (nSPS) is 11.5. The number of halogens is 1. The first kappa shape index (κ1) is 15.8. The third kappa shape index (κ3) is 4.20. The van der Waals surface area contributed by atoms with Crippen molar-refractivity contribution in [3.05, 3.63) is 62.2 Å². The summed E-state index contributed by atoms with van der Waals surface area (Å²) in [6.07, 6.45) is 0. The van der Waals surface area contributed by atoms with Gasteiger partial charge in [-0.25, -0.2) is 0 Å². The Hall–Kier alpha value is -1.56. The Morgan fingerprint density at radius 2 is 1.86 bits per heavy atom. The predicted molar refractivity (Wildman–Crippen MR) is 93.7 cm³/mol. The Bertz CT molecular complexity index is 663. The van der Waals surface area contributed by atoms with Crippen LogP contribution in [0.25, 0.3) is 0 Å². The molecular weight excluding hydrogens is 377 g/mol. The van der Waals surface area contributed by atoms with Gasteiger partial charge in [-0.3, -0.25) is 0 Å². The topological polar surface area (TPSA) is 41.8 Å². The van der Waals surface area contributed by atoms with Crippen molar-refractivity contribution in [2.75, 3.05) is 0 Å². The number of aromatic hydroxyl groups is 1. The number of rotatable bonds is 4. The minimum Gasteiger partial charge on any atom is -0.508 e. The molecule has 0 aliphatic carbocycles.